The molecule has 0 spiro atoms. The van der Waals surface area contributed by atoms with E-state index in [1.54, 1.807) is 4.90 Å². The maximum absolute atomic E-state index is 11.5. The Hall–Kier alpha value is -0.0700. The van der Waals surface area contributed by atoms with Crippen molar-refractivity contribution in [2.24, 2.45) is 0 Å². The SMILES string of the molecule is CCCC(N(CC)c1cccc(C)c1)S(=O)(=O)O.[NaH]. The van der Waals surface area contributed by atoms with Crippen LogP contribution >= 0.6 is 0 Å². The third-order valence-corrected chi connectivity index (χ3v) is 4.08. The van der Waals surface area contributed by atoms with Gasteiger partial charge in [0.25, 0.3) is 10.1 Å². The van der Waals surface area contributed by atoms with Crippen LogP contribution in [0.3, 0.4) is 0 Å². The second kappa shape index (κ2) is 8.27. The first-order chi connectivity index (χ1) is 8.40. The van der Waals surface area contributed by atoms with E-state index in [1.807, 2.05) is 45.0 Å². The Bertz CT molecular complexity index is 490. The second-order valence-corrected chi connectivity index (χ2v) is 5.96. The van der Waals surface area contributed by atoms with Crippen molar-refractivity contribution in [3.8, 4) is 0 Å². The summed E-state index contributed by atoms with van der Waals surface area (Å²) >= 11 is 0. The minimum atomic E-state index is -4.07. The Kier molecular flexibility index (Phi) is 8.24. The molecule has 0 aromatic heterocycles. The van der Waals surface area contributed by atoms with Gasteiger partial charge in [-0.15, -0.1) is 0 Å². The van der Waals surface area contributed by atoms with Crippen LogP contribution in [-0.2, 0) is 10.1 Å². The van der Waals surface area contributed by atoms with Crippen LogP contribution in [0.1, 0.15) is 32.3 Å². The van der Waals surface area contributed by atoms with Gasteiger partial charge in [0, 0.05) is 12.2 Å². The molecule has 6 heteroatoms. The predicted octanol–water partition coefficient (Wildman–Crippen LogP) is 2.19. The van der Waals surface area contributed by atoms with Crippen molar-refractivity contribution in [1.82, 2.24) is 0 Å². The van der Waals surface area contributed by atoms with E-state index < -0.39 is 15.5 Å². The molecule has 1 N–H and O–H groups in total. The van der Waals surface area contributed by atoms with E-state index in [1.165, 1.54) is 0 Å². The van der Waals surface area contributed by atoms with Crippen molar-refractivity contribution in [3.05, 3.63) is 29.8 Å². The molecular formula is C13H22NNaO3S. The van der Waals surface area contributed by atoms with E-state index in [0.29, 0.717) is 19.4 Å². The number of anilines is 1. The van der Waals surface area contributed by atoms with E-state index in [0.717, 1.165) is 11.3 Å². The fourth-order valence-electron chi connectivity index (χ4n) is 2.07. The average Bonchev–Trinajstić information content (AvgIpc) is 2.28. The summed E-state index contributed by atoms with van der Waals surface area (Å²) in [4.78, 5) is 1.73. The van der Waals surface area contributed by atoms with Crippen molar-refractivity contribution < 1.29 is 13.0 Å². The van der Waals surface area contributed by atoms with Crippen LogP contribution in [-0.4, -0.2) is 54.4 Å². The molecule has 0 aliphatic rings. The molecule has 4 nitrogen and oxygen atoms in total. The van der Waals surface area contributed by atoms with Gasteiger partial charge >= 0.3 is 29.6 Å². The van der Waals surface area contributed by atoms with Crippen molar-refractivity contribution >= 4 is 45.4 Å². The van der Waals surface area contributed by atoms with Crippen LogP contribution in [0, 0.1) is 6.92 Å². The molecule has 0 radical (unpaired) electrons. The number of aryl methyl sites for hydroxylation is 1. The van der Waals surface area contributed by atoms with E-state index in [-0.39, 0.29) is 29.6 Å². The van der Waals surface area contributed by atoms with Gasteiger partial charge in [0.15, 0.2) is 5.37 Å². The molecule has 0 bridgehead atoms. The Labute approximate surface area is 138 Å². The van der Waals surface area contributed by atoms with Crippen LogP contribution in [0.5, 0.6) is 0 Å². The summed E-state index contributed by atoms with van der Waals surface area (Å²) in [6.07, 6.45) is 1.12. The minimum absolute atomic E-state index is 0. The van der Waals surface area contributed by atoms with Crippen LogP contribution in [0.15, 0.2) is 24.3 Å². The average molecular weight is 295 g/mol. The first kappa shape index (κ1) is 18.9. The van der Waals surface area contributed by atoms with Crippen molar-refractivity contribution in [3.63, 3.8) is 0 Å². The van der Waals surface area contributed by atoms with Gasteiger partial charge in [-0.1, -0.05) is 25.5 Å². The van der Waals surface area contributed by atoms with Gasteiger partial charge in [0.05, 0.1) is 0 Å². The molecule has 0 aliphatic heterocycles. The summed E-state index contributed by atoms with van der Waals surface area (Å²) in [6.45, 7) is 6.28. The second-order valence-electron chi connectivity index (χ2n) is 4.38. The predicted molar refractivity (Wildman–Crippen MR) is 81.6 cm³/mol. The van der Waals surface area contributed by atoms with Crippen molar-refractivity contribution in [2.45, 2.75) is 39.0 Å². The molecule has 104 valence electrons. The van der Waals surface area contributed by atoms with E-state index in [9.17, 15) is 13.0 Å². The number of benzene rings is 1. The Morgan fingerprint density at radius 2 is 1.95 bits per heavy atom. The monoisotopic (exact) mass is 295 g/mol. The Balaban J connectivity index is 0.00000324. The summed E-state index contributed by atoms with van der Waals surface area (Å²) in [6, 6.07) is 7.64. The van der Waals surface area contributed by atoms with Crippen LogP contribution in [0.4, 0.5) is 5.69 Å². The zero-order valence-electron chi connectivity index (χ0n) is 11.1. The topological polar surface area (TPSA) is 57.6 Å². The fourth-order valence-corrected chi connectivity index (χ4v) is 3.20. The molecule has 0 saturated heterocycles. The van der Waals surface area contributed by atoms with Crippen LogP contribution in [0.25, 0.3) is 0 Å². The molecule has 0 saturated carbocycles. The normalized spacial score (nSPS) is 12.6. The Morgan fingerprint density at radius 1 is 1.32 bits per heavy atom. The first-order valence-corrected chi connectivity index (χ1v) is 7.70. The third-order valence-electron chi connectivity index (χ3n) is 2.90. The standard InChI is InChI=1S/C13H21NO3S.Na.H/c1-4-7-13(18(15,16)17)14(5-2)12-9-6-8-11(3)10-12;;/h6,8-10,13H,4-5,7H2,1-3H3,(H,15,16,17);;. The summed E-state index contributed by atoms with van der Waals surface area (Å²) in [5.74, 6) is 0. The molecule has 1 aromatic carbocycles. The van der Waals surface area contributed by atoms with Crippen molar-refractivity contribution in [1.29, 1.82) is 0 Å². The number of hydrogen-bond acceptors (Lipinski definition) is 3. The maximum atomic E-state index is 11.5. The van der Waals surface area contributed by atoms with Crippen LogP contribution in [0.2, 0.25) is 0 Å². The molecule has 1 atom stereocenters. The van der Waals surface area contributed by atoms with Gasteiger partial charge in [-0.25, -0.2) is 0 Å². The summed E-state index contributed by atoms with van der Waals surface area (Å²) in [5.41, 5.74) is 1.89. The quantitative estimate of drug-likeness (QED) is 0.645. The van der Waals surface area contributed by atoms with E-state index in [4.69, 9.17) is 0 Å². The third kappa shape index (κ3) is 5.44. The Morgan fingerprint density at radius 3 is 2.37 bits per heavy atom. The first-order valence-electron chi connectivity index (χ1n) is 6.19. The molecule has 1 rings (SSSR count). The van der Waals surface area contributed by atoms with Gasteiger partial charge in [0.2, 0.25) is 0 Å². The summed E-state index contributed by atoms with van der Waals surface area (Å²) < 4.78 is 32.4. The van der Waals surface area contributed by atoms with Gasteiger partial charge in [-0.2, -0.15) is 8.42 Å². The summed E-state index contributed by atoms with van der Waals surface area (Å²) in [7, 11) is -4.07. The van der Waals surface area contributed by atoms with Gasteiger partial charge in [-0.3, -0.25) is 4.55 Å². The molecular weight excluding hydrogens is 273 g/mol. The number of hydrogen-bond donors (Lipinski definition) is 1. The van der Waals surface area contributed by atoms with Gasteiger partial charge in [0.1, 0.15) is 0 Å². The van der Waals surface area contributed by atoms with E-state index >= 15 is 0 Å². The van der Waals surface area contributed by atoms with Crippen LogP contribution < -0.4 is 4.90 Å². The molecule has 0 fully saturated rings. The van der Waals surface area contributed by atoms with E-state index in [2.05, 4.69) is 0 Å². The van der Waals surface area contributed by atoms with Gasteiger partial charge < -0.3 is 4.90 Å². The summed E-state index contributed by atoms with van der Waals surface area (Å²) in [5, 5.41) is -0.866. The van der Waals surface area contributed by atoms with Gasteiger partial charge in [-0.05, 0) is 38.0 Å². The number of nitrogens with zero attached hydrogens (tertiary/aromatic N) is 1. The molecule has 19 heavy (non-hydrogen) atoms. The number of rotatable bonds is 6. The molecule has 0 aliphatic carbocycles. The van der Waals surface area contributed by atoms with Crippen molar-refractivity contribution in [2.75, 3.05) is 11.4 Å². The molecule has 1 unspecified atom stereocenters. The zero-order chi connectivity index (χ0) is 13.8. The molecule has 0 amide bonds. The molecule has 0 heterocycles. The molecule has 1 aromatic rings. The zero-order valence-corrected chi connectivity index (χ0v) is 11.9. The fraction of sp³-hybridized carbons (Fsp3) is 0.538.